The van der Waals surface area contributed by atoms with Crippen LogP contribution in [-0.2, 0) is 28.6 Å². The lowest BCUT2D eigenvalue weighted by Gasteiger charge is -2.18. The first-order valence-corrected chi connectivity index (χ1v) is 33.4. The standard InChI is InChI=1S/C73H124O6/c1-4-7-10-13-16-19-22-25-26-27-28-29-30-31-32-33-34-35-36-37-38-39-40-41-42-43-44-45-46-49-51-54-57-60-63-66-72(75)78-69-70(79-73(76)67-64-61-58-55-52-48-24-21-18-15-12-9-6-3)68-77-71(74)65-62-59-56-53-50-47-23-20-17-14-11-8-5-2/h7,10-12,14-16,19-21,23-26,28-29,31-32,70H,4-6,8-9,13,17-18,22,27,30,33-69H2,1-3H3/b10-7-,14-11-,15-12-,19-16-,23-20-,24-21-,26-25-,29-28-,32-31-. The van der Waals surface area contributed by atoms with Crippen molar-refractivity contribution in [1.82, 2.24) is 0 Å². The smallest absolute Gasteiger partial charge is 0.306 e. The molecule has 0 aliphatic heterocycles. The summed E-state index contributed by atoms with van der Waals surface area (Å²) in [6.45, 7) is 6.39. The highest BCUT2D eigenvalue weighted by atomic mass is 16.6. The van der Waals surface area contributed by atoms with E-state index in [-0.39, 0.29) is 31.1 Å². The number of hydrogen-bond donors (Lipinski definition) is 0. The molecule has 0 rings (SSSR count). The minimum Gasteiger partial charge on any atom is -0.462 e. The fraction of sp³-hybridized carbons (Fsp3) is 0.712. The molecule has 1 atom stereocenters. The lowest BCUT2D eigenvalue weighted by atomic mass is 10.0. The van der Waals surface area contributed by atoms with Crippen molar-refractivity contribution in [1.29, 1.82) is 0 Å². The van der Waals surface area contributed by atoms with E-state index in [1.165, 1.54) is 122 Å². The third kappa shape index (κ3) is 64.8. The van der Waals surface area contributed by atoms with Crippen molar-refractivity contribution in [3.63, 3.8) is 0 Å². The van der Waals surface area contributed by atoms with E-state index in [9.17, 15) is 14.4 Å². The lowest BCUT2D eigenvalue weighted by molar-refractivity contribution is -0.167. The molecule has 0 saturated heterocycles. The van der Waals surface area contributed by atoms with Crippen LogP contribution in [0.15, 0.2) is 109 Å². The topological polar surface area (TPSA) is 78.9 Å². The molecule has 0 fully saturated rings. The van der Waals surface area contributed by atoms with Crippen molar-refractivity contribution in [3.05, 3.63) is 109 Å². The van der Waals surface area contributed by atoms with Crippen molar-refractivity contribution in [3.8, 4) is 0 Å². The molecule has 79 heavy (non-hydrogen) atoms. The van der Waals surface area contributed by atoms with Gasteiger partial charge in [0.15, 0.2) is 6.10 Å². The average molecular weight is 1100 g/mol. The van der Waals surface area contributed by atoms with Gasteiger partial charge in [0.2, 0.25) is 0 Å². The van der Waals surface area contributed by atoms with Gasteiger partial charge < -0.3 is 14.2 Å². The number of rotatable bonds is 60. The second-order valence-electron chi connectivity index (χ2n) is 22.0. The Balaban J connectivity index is 4.09. The van der Waals surface area contributed by atoms with Gasteiger partial charge in [-0.1, -0.05) is 291 Å². The average Bonchev–Trinajstić information content (AvgIpc) is 3.45. The molecule has 0 heterocycles. The van der Waals surface area contributed by atoms with Gasteiger partial charge in [0.05, 0.1) is 0 Å². The molecule has 0 aromatic carbocycles. The van der Waals surface area contributed by atoms with Gasteiger partial charge in [-0.25, -0.2) is 0 Å². The molecule has 0 aliphatic carbocycles. The summed E-state index contributed by atoms with van der Waals surface area (Å²) in [5.41, 5.74) is 0. The first kappa shape index (κ1) is 75.1. The number of unbranched alkanes of at least 4 members (excludes halogenated alkanes) is 31. The molecular weight excluding hydrogens is 973 g/mol. The maximum atomic E-state index is 12.9. The number of esters is 3. The number of hydrogen-bond acceptors (Lipinski definition) is 6. The summed E-state index contributed by atoms with van der Waals surface area (Å²) in [4.78, 5) is 38.2. The van der Waals surface area contributed by atoms with Crippen LogP contribution in [0.3, 0.4) is 0 Å². The van der Waals surface area contributed by atoms with Crippen LogP contribution in [0.25, 0.3) is 0 Å². The van der Waals surface area contributed by atoms with E-state index in [0.717, 1.165) is 154 Å². The van der Waals surface area contributed by atoms with E-state index in [4.69, 9.17) is 14.2 Å². The fourth-order valence-corrected chi connectivity index (χ4v) is 9.25. The van der Waals surface area contributed by atoms with Gasteiger partial charge in [-0.05, 0) is 116 Å². The van der Waals surface area contributed by atoms with Gasteiger partial charge in [-0.2, -0.15) is 0 Å². The highest BCUT2D eigenvalue weighted by Gasteiger charge is 2.19. The summed E-state index contributed by atoms with van der Waals surface area (Å²) in [6.07, 6.45) is 91.2. The molecule has 0 aliphatic rings. The molecule has 0 aromatic heterocycles. The van der Waals surface area contributed by atoms with E-state index in [2.05, 4.69) is 130 Å². The molecule has 6 nitrogen and oxygen atoms in total. The predicted octanol–water partition coefficient (Wildman–Crippen LogP) is 23.0. The maximum Gasteiger partial charge on any atom is 0.306 e. The summed E-state index contributed by atoms with van der Waals surface area (Å²) in [6, 6.07) is 0. The van der Waals surface area contributed by atoms with Crippen LogP contribution >= 0.6 is 0 Å². The molecule has 0 N–H and O–H groups in total. The van der Waals surface area contributed by atoms with E-state index >= 15 is 0 Å². The quantitative estimate of drug-likeness (QED) is 0.0261. The Morgan fingerprint density at radius 2 is 0.494 bits per heavy atom. The minimum atomic E-state index is -0.790. The second kappa shape index (κ2) is 66.6. The van der Waals surface area contributed by atoms with Crippen LogP contribution in [0.2, 0.25) is 0 Å². The summed E-state index contributed by atoms with van der Waals surface area (Å²) in [5, 5.41) is 0. The van der Waals surface area contributed by atoms with Crippen molar-refractivity contribution < 1.29 is 28.6 Å². The van der Waals surface area contributed by atoms with Gasteiger partial charge in [0.25, 0.3) is 0 Å². The van der Waals surface area contributed by atoms with Crippen molar-refractivity contribution in [2.24, 2.45) is 0 Å². The molecule has 0 amide bonds. The summed E-state index contributed by atoms with van der Waals surface area (Å²) in [5.74, 6) is -0.906. The van der Waals surface area contributed by atoms with Gasteiger partial charge in [0, 0.05) is 19.3 Å². The molecular formula is C73H124O6. The summed E-state index contributed by atoms with van der Waals surface area (Å²) >= 11 is 0. The van der Waals surface area contributed by atoms with Gasteiger partial charge in [-0.3, -0.25) is 14.4 Å². The van der Waals surface area contributed by atoms with Crippen LogP contribution in [-0.4, -0.2) is 37.2 Å². The Kier molecular flexibility index (Phi) is 63.3. The van der Waals surface area contributed by atoms with Crippen LogP contribution < -0.4 is 0 Å². The van der Waals surface area contributed by atoms with Crippen LogP contribution in [0.4, 0.5) is 0 Å². The Morgan fingerprint density at radius 3 is 0.772 bits per heavy atom. The molecule has 1 unspecified atom stereocenters. The van der Waals surface area contributed by atoms with Crippen molar-refractivity contribution >= 4 is 17.9 Å². The molecule has 0 aromatic rings. The second-order valence-corrected chi connectivity index (χ2v) is 22.0. The largest absolute Gasteiger partial charge is 0.462 e. The number of carbonyl (C=O) groups excluding carboxylic acids is 3. The zero-order valence-corrected chi connectivity index (χ0v) is 51.9. The number of carbonyl (C=O) groups is 3. The Labute approximate surface area is 489 Å². The normalized spacial score (nSPS) is 12.8. The summed E-state index contributed by atoms with van der Waals surface area (Å²) in [7, 11) is 0. The summed E-state index contributed by atoms with van der Waals surface area (Å²) < 4.78 is 16.9. The first-order chi connectivity index (χ1) is 39.0. The number of ether oxygens (including phenoxy) is 3. The van der Waals surface area contributed by atoms with Gasteiger partial charge in [0.1, 0.15) is 13.2 Å². The van der Waals surface area contributed by atoms with E-state index < -0.39 is 6.10 Å². The minimum absolute atomic E-state index is 0.0858. The molecule has 0 saturated carbocycles. The van der Waals surface area contributed by atoms with E-state index in [0.29, 0.717) is 19.3 Å². The molecule has 452 valence electrons. The zero-order valence-electron chi connectivity index (χ0n) is 51.9. The van der Waals surface area contributed by atoms with Crippen LogP contribution in [0.5, 0.6) is 0 Å². The molecule has 0 bridgehead atoms. The van der Waals surface area contributed by atoms with Crippen molar-refractivity contribution in [2.75, 3.05) is 13.2 Å². The zero-order chi connectivity index (χ0) is 57.1. The third-order valence-electron chi connectivity index (χ3n) is 14.2. The SMILES string of the molecule is CC/C=C\C/C=C\C/C=C\C/C=C\C/C=C\CCCCCCCCCCCCCCCCCCCCCC(=O)OCC(COC(=O)CCCCCCC/C=C\C/C=C\CCC)OC(=O)CCCCCCC/C=C\C/C=C\CCC. The van der Waals surface area contributed by atoms with Crippen LogP contribution in [0, 0.1) is 0 Å². The Hall–Kier alpha value is -3.93. The fourth-order valence-electron chi connectivity index (χ4n) is 9.25. The predicted molar refractivity (Wildman–Crippen MR) is 343 cm³/mol. The molecule has 0 spiro atoms. The van der Waals surface area contributed by atoms with Gasteiger partial charge >= 0.3 is 17.9 Å². The van der Waals surface area contributed by atoms with Crippen molar-refractivity contribution in [2.45, 2.75) is 322 Å². The first-order valence-electron chi connectivity index (χ1n) is 33.4. The van der Waals surface area contributed by atoms with Crippen LogP contribution in [0.1, 0.15) is 316 Å². The highest BCUT2D eigenvalue weighted by molar-refractivity contribution is 5.71. The molecule has 6 heteroatoms. The third-order valence-corrected chi connectivity index (χ3v) is 14.2. The lowest BCUT2D eigenvalue weighted by Crippen LogP contribution is -2.30. The number of allylic oxidation sites excluding steroid dienone is 18. The maximum absolute atomic E-state index is 12.9. The molecule has 0 radical (unpaired) electrons. The Bertz CT molecular complexity index is 1590. The monoisotopic (exact) mass is 1100 g/mol. The van der Waals surface area contributed by atoms with E-state index in [1.54, 1.807) is 0 Å². The Morgan fingerprint density at radius 1 is 0.266 bits per heavy atom. The van der Waals surface area contributed by atoms with E-state index in [1.807, 2.05) is 0 Å². The highest BCUT2D eigenvalue weighted by Crippen LogP contribution is 2.17. The van der Waals surface area contributed by atoms with Gasteiger partial charge in [-0.15, -0.1) is 0 Å².